The van der Waals surface area contributed by atoms with E-state index in [1.165, 1.54) is 24.3 Å². The minimum Gasteiger partial charge on any atom is -0.322 e. The fourth-order valence-electron chi connectivity index (χ4n) is 1.64. The van der Waals surface area contributed by atoms with E-state index in [9.17, 15) is 13.6 Å². The van der Waals surface area contributed by atoms with Crippen LogP contribution in [0.15, 0.2) is 39.3 Å². The summed E-state index contributed by atoms with van der Waals surface area (Å²) < 4.78 is 28.0. The van der Waals surface area contributed by atoms with Crippen LogP contribution in [0.5, 0.6) is 0 Å². The zero-order chi connectivity index (χ0) is 14.9. The van der Waals surface area contributed by atoms with Gasteiger partial charge >= 0.3 is 0 Å². The molecule has 0 saturated carbocycles. The fourth-order valence-corrected chi connectivity index (χ4v) is 2.46. The number of aryl methyl sites for hydroxylation is 1. The molecule has 2 aromatic carbocycles. The quantitative estimate of drug-likeness (QED) is 0.745. The highest BCUT2D eigenvalue weighted by Gasteiger charge is 2.14. The van der Waals surface area contributed by atoms with E-state index in [0.29, 0.717) is 20.2 Å². The maximum atomic E-state index is 13.6. The van der Waals surface area contributed by atoms with Gasteiger partial charge in [0, 0.05) is 10.2 Å². The molecule has 0 spiro atoms. The van der Waals surface area contributed by atoms with Gasteiger partial charge < -0.3 is 5.32 Å². The minimum atomic E-state index is -0.638. The van der Waals surface area contributed by atoms with Crippen LogP contribution in [-0.2, 0) is 0 Å². The Kier molecular flexibility index (Phi) is 4.55. The summed E-state index contributed by atoms with van der Waals surface area (Å²) >= 11 is 6.23. The van der Waals surface area contributed by atoms with Crippen LogP contribution < -0.4 is 5.32 Å². The van der Waals surface area contributed by atoms with Gasteiger partial charge in [0.25, 0.3) is 5.91 Å². The zero-order valence-corrected chi connectivity index (χ0v) is 13.5. The molecule has 104 valence electrons. The van der Waals surface area contributed by atoms with Gasteiger partial charge in [0.1, 0.15) is 11.6 Å². The number of carbonyl (C=O) groups excluding carboxylic acids is 1. The van der Waals surface area contributed by atoms with Crippen LogP contribution in [-0.4, -0.2) is 5.91 Å². The highest BCUT2D eigenvalue weighted by molar-refractivity contribution is 9.10. The number of hydrogen-bond acceptors (Lipinski definition) is 1. The van der Waals surface area contributed by atoms with Gasteiger partial charge in [-0.15, -0.1) is 0 Å². The Morgan fingerprint density at radius 1 is 1.10 bits per heavy atom. The first-order valence-corrected chi connectivity index (χ1v) is 7.19. The Morgan fingerprint density at radius 2 is 1.80 bits per heavy atom. The summed E-state index contributed by atoms with van der Waals surface area (Å²) in [6.07, 6.45) is 0. The van der Waals surface area contributed by atoms with Crippen LogP contribution in [0, 0.1) is 18.6 Å². The lowest BCUT2D eigenvalue weighted by molar-refractivity contribution is 0.102. The molecule has 0 heterocycles. The third-order valence-electron chi connectivity index (χ3n) is 2.69. The number of halogens is 4. The van der Waals surface area contributed by atoms with Gasteiger partial charge in [0.15, 0.2) is 0 Å². The van der Waals surface area contributed by atoms with Crippen molar-refractivity contribution in [3.05, 3.63) is 62.0 Å². The molecule has 20 heavy (non-hydrogen) atoms. The third kappa shape index (κ3) is 3.24. The van der Waals surface area contributed by atoms with Crippen molar-refractivity contribution in [3.8, 4) is 0 Å². The summed E-state index contributed by atoms with van der Waals surface area (Å²) in [5.74, 6) is -1.77. The van der Waals surface area contributed by atoms with Gasteiger partial charge in [-0.2, -0.15) is 0 Å². The molecule has 0 aromatic heterocycles. The van der Waals surface area contributed by atoms with E-state index in [2.05, 4.69) is 37.2 Å². The normalized spacial score (nSPS) is 10.4. The molecule has 0 saturated heterocycles. The monoisotopic (exact) mass is 403 g/mol. The molecular formula is C14H9Br2F2NO. The number of anilines is 1. The van der Waals surface area contributed by atoms with Crippen molar-refractivity contribution in [2.24, 2.45) is 0 Å². The molecule has 0 atom stereocenters. The van der Waals surface area contributed by atoms with E-state index in [0.717, 1.165) is 0 Å². The standard InChI is InChI=1S/C14H9Br2F2NO/c1-7-4-10(16)12(18)6-13(7)19-14(20)9-5-8(15)2-3-11(9)17/h2-6H,1H3,(H,19,20). The molecule has 0 radical (unpaired) electrons. The van der Waals surface area contributed by atoms with Crippen LogP contribution in [0.4, 0.5) is 14.5 Å². The molecule has 0 aliphatic heterocycles. The molecule has 1 N–H and O–H groups in total. The van der Waals surface area contributed by atoms with Gasteiger partial charge in [-0.1, -0.05) is 15.9 Å². The molecule has 0 unspecified atom stereocenters. The van der Waals surface area contributed by atoms with Crippen LogP contribution in [0.1, 0.15) is 15.9 Å². The Labute approximate surface area is 131 Å². The summed E-state index contributed by atoms with van der Waals surface area (Å²) in [5, 5.41) is 2.50. The summed E-state index contributed by atoms with van der Waals surface area (Å²) in [4.78, 5) is 12.0. The van der Waals surface area contributed by atoms with E-state index < -0.39 is 17.5 Å². The molecule has 0 fully saturated rings. The summed E-state index contributed by atoms with van der Waals surface area (Å²) in [6, 6.07) is 6.79. The van der Waals surface area contributed by atoms with E-state index >= 15 is 0 Å². The van der Waals surface area contributed by atoms with Crippen molar-refractivity contribution in [1.82, 2.24) is 0 Å². The van der Waals surface area contributed by atoms with Gasteiger partial charge in [0.2, 0.25) is 0 Å². The number of benzene rings is 2. The maximum absolute atomic E-state index is 13.6. The lowest BCUT2D eigenvalue weighted by Gasteiger charge is -2.10. The fraction of sp³-hybridized carbons (Fsp3) is 0.0714. The highest BCUT2D eigenvalue weighted by Crippen LogP contribution is 2.25. The first kappa shape index (κ1) is 15.1. The zero-order valence-electron chi connectivity index (χ0n) is 10.3. The van der Waals surface area contributed by atoms with E-state index in [1.54, 1.807) is 13.0 Å². The van der Waals surface area contributed by atoms with Crippen LogP contribution in [0.3, 0.4) is 0 Å². The van der Waals surface area contributed by atoms with Crippen molar-refractivity contribution in [2.45, 2.75) is 6.92 Å². The Morgan fingerprint density at radius 3 is 2.50 bits per heavy atom. The first-order valence-electron chi connectivity index (χ1n) is 5.60. The van der Waals surface area contributed by atoms with Crippen molar-refractivity contribution in [3.63, 3.8) is 0 Å². The van der Waals surface area contributed by atoms with E-state index in [1.807, 2.05) is 0 Å². The molecule has 2 aromatic rings. The largest absolute Gasteiger partial charge is 0.322 e. The number of amides is 1. The summed E-state index contributed by atoms with van der Waals surface area (Å²) in [5.41, 5.74) is 0.860. The Hall–Kier alpha value is -1.27. The molecule has 0 aliphatic carbocycles. The smallest absolute Gasteiger partial charge is 0.258 e. The van der Waals surface area contributed by atoms with Crippen molar-refractivity contribution < 1.29 is 13.6 Å². The minimum absolute atomic E-state index is 0.109. The number of hydrogen-bond donors (Lipinski definition) is 1. The second-order valence-corrected chi connectivity index (χ2v) is 5.93. The lowest BCUT2D eigenvalue weighted by atomic mass is 10.1. The molecule has 0 bridgehead atoms. The highest BCUT2D eigenvalue weighted by atomic mass is 79.9. The van der Waals surface area contributed by atoms with Gasteiger partial charge in [-0.25, -0.2) is 8.78 Å². The van der Waals surface area contributed by atoms with Crippen molar-refractivity contribution in [1.29, 1.82) is 0 Å². The summed E-state index contributed by atoms with van der Waals surface area (Å²) in [6.45, 7) is 1.72. The Balaban J connectivity index is 2.32. The molecule has 2 nitrogen and oxygen atoms in total. The molecular weight excluding hydrogens is 396 g/mol. The van der Waals surface area contributed by atoms with E-state index in [4.69, 9.17) is 0 Å². The molecule has 2 rings (SSSR count). The third-order valence-corrected chi connectivity index (χ3v) is 3.79. The molecule has 6 heteroatoms. The number of nitrogens with one attached hydrogen (secondary N) is 1. The van der Waals surface area contributed by atoms with Crippen molar-refractivity contribution in [2.75, 3.05) is 5.32 Å². The predicted octanol–water partition coefficient (Wildman–Crippen LogP) is 5.05. The van der Waals surface area contributed by atoms with Crippen LogP contribution in [0.25, 0.3) is 0 Å². The maximum Gasteiger partial charge on any atom is 0.258 e. The number of rotatable bonds is 2. The molecule has 0 aliphatic rings. The van der Waals surface area contributed by atoms with Gasteiger partial charge in [-0.3, -0.25) is 4.79 Å². The van der Waals surface area contributed by atoms with Gasteiger partial charge in [0.05, 0.1) is 10.0 Å². The molecule has 1 amide bonds. The van der Waals surface area contributed by atoms with Crippen LogP contribution >= 0.6 is 31.9 Å². The van der Waals surface area contributed by atoms with E-state index in [-0.39, 0.29) is 5.56 Å². The van der Waals surface area contributed by atoms with Crippen molar-refractivity contribution >= 4 is 43.5 Å². The summed E-state index contributed by atoms with van der Waals surface area (Å²) in [7, 11) is 0. The Bertz CT molecular complexity index is 689. The average molecular weight is 405 g/mol. The first-order chi connectivity index (χ1) is 9.38. The topological polar surface area (TPSA) is 29.1 Å². The van der Waals surface area contributed by atoms with Crippen LogP contribution in [0.2, 0.25) is 0 Å². The predicted molar refractivity (Wildman–Crippen MR) is 80.9 cm³/mol. The lowest BCUT2D eigenvalue weighted by Crippen LogP contribution is -2.14. The van der Waals surface area contributed by atoms with Gasteiger partial charge in [-0.05, 0) is 58.7 Å². The number of carbonyl (C=O) groups is 1. The average Bonchev–Trinajstić information content (AvgIpc) is 2.38. The SMILES string of the molecule is Cc1cc(Br)c(F)cc1NC(=O)c1cc(Br)ccc1F. The second kappa shape index (κ2) is 6.01. The second-order valence-electron chi connectivity index (χ2n) is 4.16.